The smallest absolute Gasteiger partial charge is 0.265 e. The van der Waals surface area contributed by atoms with E-state index in [9.17, 15) is 8.78 Å². The second-order valence-electron chi connectivity index (χ2n) is 2.31. The number of rotatable bonds is 2. The Labute approximate surface area is 68.4 Å². The van der Waals surface area contributed by atoms with Crippen LogP contribution in [0.2, 0.25) is 0 Å². The van der Waals surface area contributed by atoms with E-state index in [0.717, 1.165) is 0 Å². The molecule has 0 aromatic carbocycles. The zero-order chi connectivity index (χ0) is 9.14. The molecule has 0 unspecified atom stereocenters. The zero-order valence-corrected chi connectivity index (χ0v) is 6.30. The molecule has 4 N–H and O–H groups in total. The van der Waals surface area contributed by atoms with Gasteiger partial charge in [0.25, 0.3) is 6.43 Å². The Balaban J connectivity index is 3.08. The SMILES string of the molecule is NCc1cc(C(F)F)c(N)cn1. The quantitative estimate of drug-likeness (QED) is 0.702. The summed E-state index contributed by atoms with van der Waals surface area (Å²) < 4.78 is 24.4. The summed E-state index contributed by atoms with van der Waals surface area (Å²) in [4.78, 5) is 3.76. The number of halogens is 2. The van der Waals surface area contributed by atoms with Gasteiger partial charge in [-0.2, -0.15) is 0 Å². The van der Waals surface area contributed by atoms with Crippen LogP contribution in [0.4, 0.5) is 14.5 Å². The summed E-state index contributed by atoms with van der Waals surface area (Å²) in [5.74, 6) is 0. The number of hydrogen-bond donors (Lipinski definition) is 2. The van der Waals surface area contributed by atoms with Gasteiger partial charge in [0.05, 0.1) is 17.6 Å². The van der Waals surface area contributed by atoms with E-state index in [-0.39, 0.29) is 17.8 Å². The topological polar surface area (TPSA) is 64.9 Å². The van der Waals surface area contributed by atoms with Gasteiger partial charge in [0.2, 0.25) is 0 Å². The maximum Gasteiger partial charge on any atom is 0.265 e. The van der Waals surface area contributed by atoms with Crippen LogP contribution in [-0.4, -0.2) is 4.98 Å². The predicted octanol–water partition coefficient (Wildman–Crippen LogP) is 1.06. The molecule has 1 aromatic heterocycles. The van der Waals surface area contributed by atoms with Crippen molar-refractivity contribution in [1.29, 1.82) is 0 Å². The highest BCUT2D eigenvalue weighted by atomic mass is 19.3. The largest absolute Gasteiger partial charge is 0.397 e. The zero-order valence-electron chi connectivity index (χ0n) is 6.30. The average Bonchev–Trinajstić information content (AvgIpc) is 2.05. The monoisotopic (exact) mass is 173 g/mol. The summed E-state index contributed by atoms with van der Waals surface area (Å²) in [5, 5.41) is 0. The van der Waals surface area contributed by atoms with Crippen LogP contribution in [-0.2, 0) is 6.54 Å². The lowest BCUT2D eigenvalue weighted by Crippen LogP contribution is -2.03. The standard InChI is InChI=1S/C7H9F2N3/c8-7(9)5-1-4(2-10)12-3-6(5)11/h1,3,7H,2,10-11H2. The van der Waals surface area contributed by atoms with Crippen molar-refractivity contribution >= 4 is 5.69 Å². The Hall–Kier alpha value is -1.23. The van der Waals surface area contributed by atoms with E-state index in [1.165, 1.54) is 12.3 Å². The van der Waals surface area contributed by atoms with Crippen LogP contribution in [0.1, 0.15) is 17.7 Å². The fraction of sp³-hybridized carbons (Fsp3) is 0.286. The summed E-state index contributed by atoms with van der Waals surface area (Å²) in [7, 11) is 0. The molecule has 0 saturated carbocycles. The van der Waals surface area contributed by atoms with Gasteiger partial charge < -0.3 is 11.5 Å². The molecule has 0 saturated heterocycles. The van der Waals surface area contributed by atoms with Gasteiger partial charge >= 0.3 is 0 Å². The van der Waals surface area contributed by atoms with Gasteiger partial charge in [-0.3, -0.25) is 4.98 Å². The Morgan fingerprint density at radius 1 is 1.50 bits per heavy atom. The van der Waals surface area contributed by atoms with Crippen LogP contribution in [0.3, 0.4) is 0 Å². The lowest BCUT2D eigenvalue weighted by atomic mass is 10.2. The first-order chi connectivity index (χ1) is 5.65. The second kappa shape index (κ2) is 3.44. The van der Waals surface area contributed by atoms with Crippen molar-refractivity contribution < 1.29 is 8.78 Å². The number of pyridine rings is 1. The molecule has 0 amide bonds. The van der Waals surface area contributed by atoms with Crippen LogP contribution in [0.15, 0.2) is 12.3 Å². The number of aromatic nitrogens is 1. The molecule has 3 nitrogen and oxygen atoms in total. The molecule has 0 atom stereocenters. The third kappa shape index (κ3) is 1.68. The minimum atomic E-state index is -2.57. The van der Waals surface area contributed by atoms with E-state index in [4.69, 9.17) is 11.5 Å². The second-order valence-corrected chi connectivity index (χ2v) is 2.31. The van der Waals surface area contributed by atoms with Crippen molar-refractivity contribution in [2.75, 3.05) is 5.73 Å². The van der Waals surface area contributed by atoms with Gasteiger partial charge in [-0.1, -0.05) is 0 Å². The molecule has 0 radical (unpaired) electrons. The number of nitrogens with two attached hydrogens (primary N) is 2. The Kier molecular flexibility index (Phi) is 2.54. The summed E-state index contributed by atoms with van der Waals surface area (Å²) in [5.41, 5.74) is 10.7. The fourth-order valence-corrected chi connectivity index (χ4v) is 0.828. The molecule has 66 valence electrons. The number of alkyl halides is 2. The lowest BCUT2D eigenvalue weighted by Gasteiger charge is -2.04. The van der Waals surface area contributed by atoms with E-state index in [1.807, 2.05) is 0 Å². The molecule has 0 aliphatic carbocycles. The molecule has 5 heteroatoms. The van der Waals surface area contributed by atoms with Crippen molar-refractivity contribution in [2.24, 2.45) is 5.73 Å². The molecule has 0 aliphatic rings. The molecule has 1 rings (SSSR count). The van der Waals surface area contributed by atoms with Gasteiger partial charge in [0.1, 0.15) is 0 Å². The van der Waals surface area contributed by atoms with Gasteiger partial charge in [0, 0.05) is 12.1 Å². The Morgan fingerprint density at radius 2 is 2.17 bits per heavy atom. The molecule has 0 bridgehead atoms. The summed E-state index contributed by atoms with van der Waals surface area (Å²) >= 11 is 0. The molecule has 12 heavy (non-hydrogen) atoms. The molecule has 0 fully saturated rings. The van der Waals surface area contributed by atoms with Gasteiger partial charge in [-0.25, -0.2) is 8.78 Å². The van der Waals surface area contributed by atoms with E-state index in [2.05, 4.69) is 4.98 Å². The maximum atomic E-state index is 12.2. The highest BCUT2D eigenvalue weighted by molar-refractivity contribution is 5.45. The number of nitrogens with zero attached hydrogens (tertiary/aromatic N) is 1. The minimum absolute atomic E-state index is 0.00204. The van der Waals surface area contributed by atoms with Crippen LogP contribution < -0.4 is 11.5 Å². The molecule has 1 heterocycles. The normalized spacial score (nSPS) is 10.7. The van der Waals surface area contributed by atoms with Crippen molar-refractivity contribution in [2.45, 2.75) is 13.0 Å². The number of hydrogen-bond acceptors (Lipinski definition) is 3. The van der Waals surface area contributed by atoms with Crippen LogP contribution in [0.25, 0.3) is 0 Å². The summed E-state index contributed by atoms with van der Waals surface area (Å²) in [6.45, 7) is 0.139. The van der Waals surface area contributed by atoms with Gasteiger partial charge in [-0.05, 0) is 6.07 Å². The molecular weight excluding hydrogens is 164 g/mol. The molecule has 1 aromatic rings. The lowest BCUT2D eigenvalue weighted by molar-refractivity contribution is 0.152. The third-order valence-corrected chi connectivity index (χ3v) is 1.47. The summed E-state index contributed by atoms with van der Waals surface area (Å²) in [6, 6.07) is 1.22. The van der Waals surface area contributed by atoms with Crippen molar-refractivity contribution in [3.8, 4) is 0 Å². The van der Waals surface area contributed by atoms with Crippen LogP contribution >= 0.6 is 0 Å². The van der Waals surface area contributed by atoms with Crippen molar-refractivity contribution in [3.05, 3.63) is 23.5 Å². The number of anilines is 1. The first kappa shape index (κ1) is 8.86. The van der Waals surface area contributed by atoms with E-state index in [0.29, 0.717) is 5.69 Å². The van der Waals surface area contributed by atoms with E-state index < -0.39 is 6.43 Å². The van der Waals surface area contributed by atoms with Crippen LogP contribution in [0.5, 0.6) is 0 Å². The van der Waals surface area contributed by atoms with Crippen LogP contribution in [0, 0.1) is 0 Å². The highest BCUT2D eigenvalue weighted by Gasteiger charge is 2.11. The molecular formula is C7H9F2N3. The van der Waals surface area contributed by atoms with Crippen molar-refractivity contribution in [3.63, 3.8) is 0 Å². The fourth-order valence-electron chi connectivity index (χ4n) is 0.828. The average molecular weight is 173 g/mol. The van der Waals surface area contributed by atoms with Crippen molar-refractivity contribution in [1.82, 2.24) is 4.98 Å². The van der Waals surface area contributed by atoms with E-state index >= 15 is 0 Å². The predicted molar refractivity (Wildman–Crippen MR) is 41.5 cm³/mol. The first-order valence-electron chi connectivity index (χ1n) is 3.37. The molecule has 0 aliphatic heterocycles. The van der Waals surface area contributed by atoms with E-state index in [1.54, 1.807) is 0 Å². The highest BCUT2D eigenvalue weighted by Crippen LogP contribution is 2.24. The maximum absolute atomic E-state index is 12.2. The first-order valence-corrected chi connectivity index (χ1v) is 3.37. The van der Waals surface area contributed by atoms with Gasteiger partial charge in [0.15, 0.2) is 0 Å². The van der Waals surface area contributed by atoms with Gasteiger partial charge in [-0.15, -0.1) is 0 Å². The minimum Gasteiger partial charge on any atom is -0.397 e. The Bertz CT molecular complexity index is 275. The third-order valence-electron chi connectivity index (χ3n) is 1.47. The summed E-state index contributed by atoms with van der Waals surface area (Å²) in [6.07, 6.45) is -1.37. The number of nitrogen functional groups attached to an aromatic ring is 1. The Morgan fingerprint density at radius 3 is 2.67 bits per heavy atom. The molecule has 0 spiro atoms.